The van der Waals surface area contributed by atoms with Crippen molar-refractivity contribution in [2.24, 2.45) is 5.92 Å². The van der Waals surface area contributed by atoms with Gasteiger partial charge in [-0.2, -0.15) is 0 Å². The summed E-state index contributed by atoms with van der Waals surface area (Å²) in [6.07, 6.45) is 2.33. The zero-order valence-corrected chi connectivity index (χ0v) is 12.8. The van der Waals surface area contributed by atoms with Gasteiger partial charge in [-0.1, -0.05) is 35.9 Å². The molecule has 0 saturated carbocycles. The number of rotatable bonds is 3. The molecular weight excluding hydrogens is 274 g/mol. The van der Waals surface area contributed by atoms with Gasteiger partial charge in [-0.25, -0.2) is 0 Å². The Hall–Kier alpha value is -0.830. The number of benzene rings is 1. The van der Waals surface area contributed by atoms with E-state index in [1.807, 2.05) is 0 Å². The lowest BCUT2D eigenvalue weighted by molar-refractivity contribution is 0.402. The van der Waals surface area contributed by atoms with E-state index >= 15 is 0 Å². The first-order chi connectivity index (χ1) is 9.19. The van der Waals surface area contributed by atoms with Crippen molar-refractivity contribution in [3.8, 4) is 0 Å². The Morgan fingerprint density at radius 1 is 1.26 bits per heavy atom. The number of nitrogens with one attached hydrogen (secondary N) is 1. The third kappa shape index (κ3) is 2.45. The Bertz CT molecular complexity index is 546. The number of aryl methyl sites for hydroxylation is 1. The van der Waals surface area contributed by atoms with Gasteiger partial charge in [0.2, 0.25) is 0 Å². The van der Waals surface area contributed by atoms with Crippen LogP contribution in [0.25, 0.3) is 0 Å². The van der Waals surface area contributed by atoms with E-state index in [0.29, 0.717) is 12.0 Å². The molecule has 0 amide bonds. The summed E-state index contributed by atoms with van der Waals surface area (Å²) in [6, 6.07) is 11.4. The van der Waals surface area contributed by atoms with Gasteiger partial charge >= 0.3 is 0 Å². The highest BCUT2D eigenvalue weighted by Crippen LogP contribution is 2.39. The summed E-state index contributed by atoms with van der Waals surface area (Å²) in [5.74, 6) is 0.636. The molecule has 1 aliphatic carbocycles. The topological polar surface area (TPSA) is 12.0 Å². The molecule has 1 unspecified atom stereocenters. The molecule has 1 aromatic carbocycles. The highest BCUT2D eigenvalue weighted by molar-refractivity contribution is 7.16. The van der Waals surface area contributed by atoms with Crippen LogP contribution < -0.4 is 5.32 Å². The van der Waals surface area contributed by atoms with Crippen molar-refractivity contribution < 1.29 is 0 Å². The van der Waals surface area contributed by atoms with Crippen LogP contribution in [0.2, 0.25) is 4.34 Å². The van der Waals surface area contributed by atoms with Crippen molar-refractivity contribution in [1.82, 2.24) is 5.32 Å². The quantitative estimate of drug-likeness (QED) is 0.884. The van der Waals surface area contributed by atoms with Crippen LogP contribution >= 0.6 is 22.9 Å². The Balaban J connectivity index is 1.85. The van der Waals surface area contributed by atoms with E-state index in [1.165, 1.54) is 21.6 Å². The van der Waals surface area contributed by atoms with Crippen molar-refractivity contribution in [2.45, 2.75) is 25.8 Å². The van der Waals surface area contributed by atoms with Crippen molar-refractivity contribution >= 4 is 22.9 Å². The fraction of sp³-hybridized carbons (Fsp3) is 0.375. The van der Waals surface area contributed by atoms with E-state index in [9.17, 15) is 0 Å². The molecule has 1 heterocycles. The van der Waals surface area contributed by atoms with Crippen LogP contribution in [0.1, 0.15) is 27.6 Å². The van der Waals surface area contributed by atoms with Gasteiger partial charge in [0, 0.05) is 10.9 Å². The van der Waals surface area contributed by atoms with Gasteiger partial charge < -0.3 is 5.32 Å². The molecule has 0 aliphatic heterocycles. The first-order valence-electron chi connectivity index (χ1n) is 6.69. The van der Waals surface area contributed by atoms with Gasteiger partial charge in [-0.15, -0.1) is 11.3 Å². The number of halogens is 1. The summed E-state index contributed by atoms with van der Waals surface area (Å²) in [4.78, 5) is 1.36. The minimum atomic E-state index is 0.406. The van der Waals surface area contributed by atoms with E-state index < -0.39 is 0 Å². The standard InChI is InChI=1S/C16H18ClNS/c1-10-7-14(19-16(10)17)15(18-2)13-8-11-5-3-4-6-12(11)9-13/h3-7,13,15,18H,8-9H2,1-2H3. The second-order valence-corrected chi connectivity index (χ2v) is 6.99. The first-order valence-corrected chi connectivity index (χ1v) is 7.88. The molecule has 1 N–H and O–H groups in total. The number of thiophene rings is 1. The summed E-state index contributed by atoms with van der Waals surface area (Å²) < 4.78 is 0.922. The summed E-state index contributed by atoms with van der Waals surface area (Å²) >= 11 is 7.93. The molecule has 1 aromatic heterocycles. The highest BCUT2D eigenvalue weighted by atomic mass is 35.5. The Labute approximate surface area is 123 Å². The van der Waals surface area contributed by atoms with E-state index in [2.05, 4.69) is 49.6 Å². The van der Waals surface area contributed by atoms with E-state index in [0.717, 1.165) is 17.2 Å². The van der Waals surface area contributed by atoms with Gasteiger partial charge in [0.05, 0.1) is 4.34 Å². The fourth-order valence-electron chi connectivity index (χ4n) is 3.08. The van der Waals surface area contributed by atoms with E-state index in [4.69, 9.17) is 11.6 Å². The number of hydrogen-bond acceptors (Lipinski definition) is 2. The van der Waals surface area contributed by atoms with Crippen LogP contribution in [0.3, 0.4) is 0 Å². The monoisotopic (exact) mass is 291 g/mol. The van der Waals surface area contributed by atoms with Gasteiger partial charge in [0.1, 0.15) is 0 Å². The van der Waals surface area contributed by atoms with Crippen LogP contribution in [0.4, 0.5) is 0 Å². The Kier molecular flexibility index (Phi) is 3.66. The summed E-state index contributed by atoms with van der Waals surface area (Å²) in [7, 11) is 2.05. The maximum atomic E-state index is 6.22. The minimum Gasteiger partial charge on any atom is -0.312 e. The minimum absolute atomic E-state index is 0.406. The van der Waals surface area contributed by atoms with Crippen molar-refractivity contribution in [3.63, 3.8) is 0 Å². The van der Waals surface area contributed by atoms with Crippen LogP contribution in [-0.2, 0) is 12.8 Å². The van der Waals surface area contributed by atoms with E-state index in [1.54, 1.807) is 11.3 Å². The molecule has 0 saturated heterocycles. The van der Waals surface area contributed by atoms with Crippen molar-refractivity contribution in [2.75, 3.05) is 7.05 Å². The molecule has 100 valence electrons. The second-order valence-electron chi connectivity index (χ2n) is 5.31. The third-order valence-corrected chi connectivity index (χ3v) is 5.69. The molecule has 1 atom stereocenters. The normalized spacial score (nSPS) is 16.6. The average molecular weight is 292 g/mol. The zero-order valence-electron chi connectivity index (χ0n) is 11.2. The molecule has 1 aliphatic rings. The van der Waals surface area contributed by atoms with E-state index in [-0.39, 0.29) is 0 Å². The van der Waals surface area contributed by atoms with Gasteiger partial charge in [-0.05, 0) is 55.5 Å². The number of hydrogen-bond donors (Lipinski definition) is 1. The number of fused-ring (bicyclic) bond motifs is 1. The smallest absolute Gasteiger partial charge is 0.0960 e. The predicted molar refractivity (Wildman–Crippen MR) is 83.2 cm³/mol. The fourth-order valence-corrected chi connectivity index (χ4v) is 4.50. The molecule has 3 heteroatoms. The first kappa shape index (κ1) is 13.2. The summed E-state index contributed by atoms with van der Waals surface area (Å²) in [6.45, 7) is 2.08. The van der Waals surface area contributed by atoms with Gasteiger partial charge in [0.25, 0.3) is 0 Å². The molecule has 0 spiro atoms. The molecule has 0 bridgehead atoms. The average Bonchev–Trinajstić information content (AvgIpc) is 2.95. The highest BCUT2D eigenvalue weighted by Gasteiger charge is 2.29. The van der Waals surface area contributed by atoms with Gasteiger partial charge in [0.15, 0.2) is 0 Å². The molecule has 0 radical (unpaired) electrons. The lowest BCUT2D eigenvalue weighted by Crippen LogP contribution is -2.24. The zero-order chi connectivity index (χ0) is 13.4. The SMILES string of the molecule is CNC(c1cc(C)c(Cl)s1)C1Cc2ccccc2C1. The maximum absolute atomic E-state index is 6.22. The molecule has 0 fully saturated rings. The summed E-state index contributed by atoms with van der Waals surface area (Å²) in [5, 5.41) is 3.49. The van der Waals surface area contributed by atoms with Crippen LogP contribution in [0.15, 0.2) is 30.3 Å². The molecular formula is C16H18ClNS. The lowest BCUT2D eigenvalue weighted by atomic mass is 9.95. The van der Waals surface area contributed by atoms with Crippen molar-refractivity contribution in [1.29, 1.82) is 0 Å². The molecule has 1 nitrogen and oxygen atoms in total. The van der Waals surface area contributed by atoms with Gasteiger partial charge in [-0.3, -0.25) is 0 Å². The second kappa shape index (κ2) is 5.28. The molecule has 3 rings (SSSR count). The molecule has 2 aromatic rings. The lowest BCUT2D eigenvalue weighted by Gasteiger charge is -2.21. The Morgan fingerprint density at radius 3 is 2.37 bits per heavy atom. The third-order valence-electron chi connectivity index (χ3n) is 4.05. The van der Waals surface area contributed by atoms with Crippen molar-refractivity contribution in [3.05, 3.63) is 56.2 Å². The molecule has 19 heavy (non-hydrogen) atoms. The van der Waals surface area contributed by atoms with Crippen LogP contribution in [0, 0.1) is 12.8 Å². The van der Waals surface area contributed by atoms with Crippen LogP contribution in [-0.4, -0.2) is 7.05 Å². The summed E-state index contributed by atoms with van der Waals surface area (Å²) in [5.41, 5.74) is 4.21. The largest absolute Gasteiger partial charge is 0.312 e. The predicted octanol–water partition coefficient (Wildman–Crippen LogP) is 4.39. The maximum Gasteiger partial charge on any atom is 0.0960 e. The Morgan fingerprint density at radius 2 is 1.89 bits per heavy atom. The van der Waals surface area contributed by atoms with Crippen LogP contribution in [0.5, 0.6) is 0 Å².